The van der Waals surface area contributed by atoms with Gasteiger partial charge >= 0.3 is 5.97 Å². The number of aromatic nitrogens is 3. The molecule has 8 nitrogen and oxygen atoms in total. The molecule has 1 aliphatic rings. The van der Waals surface area contributed by atoms with E-state index in [1.165, 1.54) is 23.1 Å². The van der Waals surface area contributed by atoms with Crippen LogP contribution < -0.4 is 10.1 Å². The van der Waals surface area contributed by atoms with Gasteiger partial charge in [0.1, 0.15) is 17.4 Å². The smallest absolute Gasteiger partial charge is 0.341 e. The van der Waals surface area contributed by atoms with Crippen molar-refractivity contribution in [3.63, 3.8) is 0 Å². The van der Waals surface area contributed by atoms with Gasteiger partial charge in [0.2, 0.25) is 5.91 Å². The van der Waals surface area contributed by atoms with Crippen LogP contribution in [0.3, 0.4) is 0 Å². The summed E-state index contributed by atoms with van der Waals surface area (Å²) in [6.07, 6.45) is 5.38. The van der Waals surface area contributed by atoms with Crippen LogP contribution in [0.5, 0.6) is 5.75 Å². The van der Waals surface area contributed by atoms with Crippen molar-refractivity contribution in [3.05, 3.63) is 63.2 Å². The van der Waals surface area contributed by atoms with Gasteiger partial charge in [0, 0.05) is 15.9 Å². The number of hydrogen-bond acceptors (Lipinski definition) is 8. The first kappa shape index (κ1) is 27.4. The molecule has 1 aliphatic carbocycles. The molecule has 4 rings (SSSR count). The molecular weight excluding hydrogens is 576 g/mol. The second-order valence-corrected chi connectivity index (χ2v) is 11.7. The van der Waals surface area contributed by atoms with E-state index in [-0.39, 0.29) is 30.3 Å². The molecule has 0 fully saturated rings. The minimum absolute atomic E-state index is 0.115. The van der Waals surface area contributed by atoms with Gasteiger partial charge in [0.15, 0.2) is 11.0 Å². The Balaban J connectivity index is 1.42. The Kier molecular flexibility index (Phi) is 9.44. The number of rotatable bonds is 11. The normalized spacial score (nSPS) is 12.8. The fraction of sp³-hybridized carbons (Fsp3) is 0.385. The third-order valence-corrected chi connectivity index (χ3v) is 8.29. The highest BCUT2D eigenvalue weighted by Crippen LogP contribution is 2.39. The van der Waals surface area contributed by atoms with Crippen LogP contribution in [0.15, 0.2) is 46.5 Å². The Morgan fingerprint density at radius 2 is 2.00 bits per heavy atom. The number of amides is 1. The second-order valence-electron chi connectivity index (χ2n) is 8.75. The summed E-state index contributed by atoms with van der Waals surface area (Å²) in [5.41, 5.74) is 1.53. The number of benzene rings is 1. The standard InChI is InChI=1S/C26H29BrN4O4S2/c1-4-13-31-21(14-34-18-11-9-17(27)10-12-18)29-30-26(31)36-15-22(32)28-24-23(25(33)35-16(2)3)19-7-5-6-8-20(19)37-24/h4,9-12,16H,1,5-8,13-15H2,2-3H3,(H,28,32). The van der Waals surface area contributed by atoms with E-state index in [4.69, 9.17) is 9.47 Å². The summed E-state index contributed by atoms with van der Waals surface area (Å²) in [6, 6.07) is 7.54. The number of halogens is 1. The fourth-order valence-electron chi connectivity index (χ4n) is 3.96. The molecule has 0 aliphatic heterocycles. The summed E-state index contributed by atoms with van der Waals surface area (Å²) in [6.45, 7) is 8.19. The lowest BCUT2D eigenvalue weighted by atomic mass is 9.95. The number of allylic oxidation sites excluding steroid dienone is 1. The van der Waals surface area contributed by atoms with Gasteiger partial charge in [0.25, 0.3) is 0 Å². The second kappa shape index (κ2) is 12.7. The van der Waals surface area contributed by atoms with E-state index in [1.807, 2.05) is 42.7 Å². The van der Waals surface area contributed by atoms with E-state index < -0.39 is 0 Å². The van der Waals surface area contributed by atoms with Gasteiger partial charge in [-0.2, -0.15) is 0 Å². The van der Waals surface area contributed by atoms with Crippen LogP contribution in [0.25, 0.3) is 0 Å². The number of hydrogen-bond donors (Lipinski definition) is 1. The first-order chi connectivity index (χ1) is 17.9. The fourth-order valence-corrected chi connectivity index (χ4v) is 6.28. The zero-order valence-electron chi connectivity index (χ0n) is 20.8. The molecule has 2 aromatic heterocycles. The molecule has 0 radical (unpaired) electrons. The van der Waals surface area contributed by atoms with E-state index in [2.05, 4.69) is 38.0 Å². The molecule has 0 spiro atoms. The molecule has 0 atom stereocenters. The predicted octanol–water partition coefficient (Wildman–Crippen LogP) is 6.04. The van der Waals surface area contributed by atoms with Crippen molar-refractivity contribution >= 4 is 55.9 Å². The van der Waals surface area contributed by atoms with Crippen LogP contribution in [0, 0.1) is 0 Å². The molecular formula is C26H29BrN4O4S2. The van der Waals surface area contributed by atoms with Crippen LogP contribution in [0.2, 0.25) is 0 Å². The van der Waals surface area contributed by atoms with Gasteiger partial charge in [-0.1, -0.05) is 33.8 Å². The maximum Gasteiger partial charge on any atom is 0.341 e. The van der Waals surface area contributed by atoms with Crippen LogP contribution in [-0.2, 0) is 35.5 Å². The Morgan fingerprint density at radius 1 is 1.24 bits per heavy atom. The van der Waals surface area contributed by atoms with Gasteiger partial charge in [-0.3, -0.25) is 9.36 Å². The summed E-state index contributed by atoms with van der Waals surface area (Å²) in [5, 5.41) is 12.6. The molecule has 2 heterocycles. The molecule has 0 unspecified atom stereocenters. The molecule has 3 aromatic rings. The molecule has 1 N–H and O–H groups in total. The topological polar surface area (TPSA) is 95.3 Å². The highest BCUT2D eigenvalue weighted by atomic mass is 79.9. The van der Waals surface area contributed by atoms with Crippen molar-refractivity contribution in [1.82, 2.24) is 14.8 Å². The quantitative estimate of drug-likeness (QED) is 0.162. The van der Waals surface area contributed by atoms with E-state index in [9.17, 15) is 9.59 Å². The number of carbonyl (C=O) groups is 2. The van der Waals surface area contributed by atoms with Crippen LogP contribution in [-0.4, -0.2) is 38.5 Å². The van der Waals surface area contributed by atoms with Crippen molar-refractivity contribution < 1.29 is 19.1 Å². The lowest BCUT2D eigenvalue weighted by molar-refractivity contribution is -0.113. The van der Waals surface area contributed by atoms with Crippen molar-refractivity contribution in [2.75, 3.05) is 11.1 Å². The third kappa shape index (κ3) is 7.03. The molecule has 0 bridgehead atoms. The van der Waals surface area contributed by atoms with Gasteiger partial charge in [-0.15, -0.1) is 28.1 Å². The predicted molar refractivity (Wildman–Crippen MR) is 150 cm³/mol. The summed E-state index contributed by atoms with van der Waals surface area (Å²) in [4.78, 5) is 26.9. The monoisotopic (exact) mass is 604 g/mol. The molecule has 0 saturated carbocycles. The number of nitrogens with zero attached hydrogens (tertiary/aromatic N) is 3. The summed E-state index contributed by atoms with van der Waals surface area (Å²) in [5.74, 6) is 0.872. The average molecular weight is 606 g/mol. The SMILES string of the molecule is C=CCn1c(COc2ccc(Br)cc2)nnc1SCC(=O)Nc1sc2c(c1C(=O)OC(C)C)CCCC2. The van der Waals surface area contributed by atoms with E-state index >= 15 is 0 Å². The first-order valence-corrected chi connectivity index (χ1v) is 14.6. The van der Waals surface area contributed by atoms with Gasteiger partial charge in [-0.05, 0) is 69.4 Å². The van der Waals surface area contributed by atoms with E-state index in [0.717, 1.165) is 46.3 Å². The van der Waals surface area contributed by atoms with Crippen molar-refractivity contribution in [3.8, 4) is 5.75 Å². The summed E-state index contributed by atoms with van der Waals surface area (Å²) in [7, 11) is 0. The lowest BCUT2D eigenvalue weighted by Gasteiger charge is -2.14. The van der Waals surface area contributed by atoms with Crippen LogP contribution >= 0.6 is 39.0 Å². The molecule has 1 amide bonds. The number of nitrogens with one attached hydrogen (secondary N) is 1. The minimum Gasteiger partial charge on any atom is -0.486 e. The summed E-state index contributed by atoms with van der Waals surface area (Å²) >= 11 is 6.17. The number of carbonyl (C=O) groups excluding carboxylic acids is 2. The highest BCUT2D eigenvalue weighted by molar-refractivity contribution is 9.10. The Bertz CT molecular complexity index is 1270. The van der Waals surface area contributed by atoms with Crippen molar-refractivity contribution in [2.24, 2.45) is 0 Å². The zero-order chi connectivity index (χ0) is 26.4. The van der Waals surface area contributed by atoms with Crippen molar-refractivity contribution in [1.29, 1.82) is 0 Å². The number of aryl methyl sites for hydroxylation is 1. The minimum atomic E-state index is -0.376. The molecule has 196 valence electrons. The first-order valence-electron chi connectivity index (χ1n) is 12.0. The van der Waals surface area contributed by atoms with Crippen LogP contribution in [0.1, 0.15) is 53.3 Å². The number of fused-ring (bicyclic) bond motifs is 1. The Hall–Kier alpha value is -2.63. The number of thiophene rings is 1. The van der Waals surface area contributed by atoms with Gasteiger partial charge in [0.05, 0.1) is 17.4 Å². The lowest BCUT2D eigenvalue weighted by Crippen LogP contribution is -2.19. The Morgan fingerprint density at radius 3 is 2.73 bits per heavy atom. The summed E-state index contributed by atoms with van der Waals surface area (Å²) < 4.78 is 14.2. The number of esters is 1. The van der Waals surface area contributed by atoms with Crippen molar-refractivity contribution in [2.45, 2.75) is 63.9 Å². The molecule has 37 heavy (non-hydrogen) atoms. The van der Waals surface area contributed by atoms with E-state index in [0.29, 0.717) is 28.1 Å². The van der Waals surface area contributed by atoms with Gasteiger partial charge in [-0.25, -0.2) is 4.79 Å². The number of anilines is 1. The average Bonchev–Trinajstić information content (AvgIpc) is 3.42. The largest absolute Gasteiger partial charge is 0.486 e. The third-order valence-electron chi connectivity index (χ3n) is 5.59. The molecule has 0 saturated heterocycles. The maximum absolute atomic E-state index is 12.9. The number of ether oxygens (including phenoxy) is 2. The zero-order valence-corrected chi connectivity index (χ0v) is 24.0. The maximum atomic E-state index is 12.9. The highest BCUT2D eigenvalue weighted by Gasteiger charge is 2.28. The Labute approximate surface area is 233 Å². The van der Waals surface area contributed by atoms with Crippen LogP contribution in [0.4, 0.5) is 5.00 Å². The van der Waals surface area contributed by atoms with Gasteiger partial charge < -0.3 is 14.8 Å². The number of thioether (sulfide) groups is 1. The molecule has 11 heteroatoms. The van der Waals surface area contributed by atoms with E-state index in [1.54, 1.807) is 6.08 Å². The molecule has 1 aromatic carbocycles.